The van der Waals surface area contributed by atoms with Gasteiger partial charge in [-0.2, -0.15) is 5.10 Å². The van der Waals surface area contributed by atoms with Gasteiger partial charge in [0, 0.05) is 17.2 Å². The number of hydrazone groups is 1. The Morgan fingerprint density at radius 3 is 2.71 bits per heavy atom. The number of cyclic esters (lactones) is 1. The molecular weight excluding hydrogens is 394 g/mol. The summed E-state index contributed by atoms with van der Waals surface area (Å²) in [4.78, 5) is 22.7. The van der Waals surface area contributed by atoms with Gasteiger partial charge >= 0.3 is 12.0 Å². The highest BCUT2D eigenvalue weighted by molar-refractivity contribution is 5.87. The molecule has 0 saturated heterocycles. The summed E-state index contributed by atoms with van der Waals surface area (Å²) in [5, 5.41) is 16.5. The number of esters is 1. The van der Waals surface area contributed by atoms with Crippen molar-refractivity contribution in [2.75, 3.05) is 6.61 Å². The van der Waals surface area contributed by atoms with Gasteiger partial charge in [0.15, 0.2) is 0 Å². The molecule has 0 radical (unpaired) electrons. The van der Waals surface area contributed by atoms with Crippen LogP contribution < -0.4 is 11.2 Å². The molecule has 0 aromatic carbocycles. The Balaban J connectivity index is 1.39. The van der Waals surface area contributed by atoms with E-state index in [-0.39, 0.29) is 22.7 Å². The van der Waals surface area contributed by atoms with Crippen LogP contribution in [0.2, 0.25) is 0 Å². The first kappa shape index (κ1) is 21.0. The highest BCUT2D eigenvalue weighted by Crippen LogP contribution is 2.69. The third kappa shape index (κ3) is 2.99. The van der Waals surface area contributed by atoms with Gasteiger partial charge in [-0.25, -0.2) is 15.0 Å². The van der Waals surface area contributed by atoms with Crippen molar-refractivity contribution in [3.05, 3.63) is 11.6 Å². The first-order valence-electron chi connectivity index (χ1n) is 11.9. The fourth-order valence-electron chi connectivity index (χ4n) is 8.45. The predicted molar refractivity (Wildman–Crippen MR) is 116 cm³/mol. The summed E-state index contributed by atoms with van der Waals surface area (Å²) in [5.74, 6) is 1.34. The van der Waals surface area contributed by atoms with E-state index < -0.39 is 11.6 Å². The molecule has 2 amide bonds. The molecule has 0 aromatic heterocycles. The molecule has 4 aliphatic carbocycles. The molecule has 5 rings (SSSR count). The topological polar surface area (TPSA) is 114 Å². The van der Waals surface area contributed by atoms with Crippen LogP contribution >= 0.6 is 0 Å². The maximum atomic E-state index is 12.2. The van der Waals surface area contributed by atoms with Crippen LogP contribution in [0.3, 0.4) is 0 Å². The van der Waals surface area contributed by atoms with Crippen LogP contribution in [0.5, 0.6) is 0 Å². The van der Waals surface area contributed by atoms with Crippen LogP contribution in [0, 0.1) is 34.5 Å². The molecule has 7 nitrogen and oxygen atoms in total. The van der Waals surface area contributed by atoms with E-state index in [1.807, 2.05) is 0 Å². The number of urea groups is 1. The SMILES string of the molecule is C[C@]12CC/C(=N\NC(N)=O)C[C@@H]1CC[C@@H]1[C@@H]2CC[C@]2(C)[C@@H](C3=CC(=O)OC3)CC[C@]12O. The number of amides is 2. The van der Waals surface area contributed by atoms with E-state index in [9.17, 15) is 14.7 Å². The van der Waals surface area contributed by atoms with Gasteiger partial charge in [-0.1, -0.05) is 13.8 Å². The molecule has 170 valence electrons. The van der Waals surface area contributed by atoms with Crippen molar-refractivity contribution < 1.29 is 19.4 Å². The predicted octanol–water partition coefficient (Wildman–Crippen LogP) is 3.27. The largest absolute Gasteiger partial charge is 0.458 e. The molecule has 1 heterocycles. The quantitative estimate of drug-likeness (QED) is 0.462. The van der Waals surface area contributed by atoms with Gasteiger partial charge in [0.25, 0.3) is 0 Å². The van der Waals surface area contributed by atoms with Crippen molar-refractivity contribution in [1.29, 1.82) is 0 Å². The van der Waals surface area contributed by atoms with Crippen molar-refractivity contribution in [3.8, 4) is 0 Å². The molecular formula is C24H35N3O4. The standard InChI is InChI=1S/C24H35N3O4/c1-22-8-5-16(26-27-21(25)29)12-15(22)3-4-19-18(22)6-9-23(2)17(7-10-24(19,23)30)14-11-20(28)31-13-14/h11,15,17-19,30H,3-10,12-13H2,1-2H3,(H3,25,27,29)/b26-16+/t15-,17+,18-,19+,22-,23+,24-/m0/s1. The lowest BCUT2D eigenvalue weighted by atomic mass is 9.43. The molecule has 7 heteroatoms. The molecule has 4 fully saturated rings. The van der Waals surface area contributed by atoms with E-state index in [4.69, 9.17) is 10.5 Å². The molecule has 0 unspecified atom stereocenters. The van der Waals surface area contributed by atoms with E-state index >= 15 is 0 Å². The molecule has 7 atom stereocenters. The second-order valence-corrected chi connectivity index (χ2v) is 11.1. The summed E-state index contributed by atoms with van der Waals surface area (Å²) in [6.07, 6.45) is 10.5. The average Bonchev–Trinajstić information content (AvgIpc) is 3.26. The number of hydrogen-bond donors (Lipinski definition) is 3. The summed E-state index contributed by atoms with van der Waals surface area (Å²) < 4.78 is 5.22. The lowest BCUT2D eigenvalue weighted by molar-refractivity contribution is -0.200. The third-order valence-electron chi connectivity index (χ3n) is 10.1. The van der Waals surface area contributed by atoms with Gasteiger partial charge in [0.1, 0.15) is 6.61 Å². The molecule has 31 heavy (non-hydrogen) atoms. The summed E-state index contributed by atoms with van der Waals surface area (Å²) in [6.45, 7) is 5.09. The maximum Gasteiger partial charge on any atom is 0.332 e. The fraction of sp³-hybridized carbons (Fsp3) is 0.792. The van der Waals surface area contributed by atoms with Crippen molar-refractivity contribution in [2.45, 2.75) is 77.2 Å². The second kappa shape index (κ2) is 7.06. The number of nitrogens with two attached hydrogens (primary N) is 1. The average molecular weight is 430 g/mol. The lowest BCUT2D eigenvalue weighted by Crippen LogP contribution is -2.62. The first-order valence-corrected chi connectivity index (χ1v) is 11.9. The van der Waals surface area contributed by atoms with E-state index in [2.05, 4.69) is 24.4 Å². The van der Waals surface area contributed by atoms with Gasteiger partial charge in [0.05, 0.1) is 5.60 Å². The van der Waals surface area contributed by atoms with Gasteiger partial charge in [-0.05, 0) is 92.4 Å². The number of nitrogens with one attached hydrogen (secondary N) is 1. The zero-order valence-electron chi connectivity index (χ0n) is 18.7. The highest BCUT2D eigenvalue weighted by atomic mass is 16.5. The summed E-state index contributed by atoms with van der Waals surface area (Å²) in [7, 11) is 0. The summed E-state index contributed by atoms with van der Waals surface area (Å²) in [5.41, 5.74) is 9.03. The number of ether oxygens (including phenoxy) is 1. The molecule has 5 aliphatic rings. The Morgan fingerprint density at radius 2 is 2.00 bits per heavy atom. The molecule has 4 N–H and O–H groups in total. The van der Waals surface area contributed by atoms with Crippen LogP contribution in [-0.2, 0) is 9.53 Å². The number of rotatable bonds is 2. The van der Waals surface area contributed by atoms with E-state index in [0.717, 1.165) is 69.1 Å². The Morgan fingerprint density at radius 1 is 1.19 bits per heavy atom. The number of nitrogens with zero attached hydrogens (tertiary/aromatic N) is 1. The number of fused-ring (bicyclic) bond motifs is 5. The lowest BCUT2D eigenvalue weighted by Gasteiger charge is -2.63. The minimum atomic E-state index is -0.678. The number of aliphatic hydroxyl groups is 1. The normalized spacial score (nSPS) is 47.8. The fourth-order valence-corrected chi connectivity index (χ4v) is 8.45. The Labute approximate surface area is 183 Å². The zero-order chi connectivity index (χ0) is 22.0. The first-order chi connectivity index (χ1) is 14.7. The minimum absolute atomic E-state index is 0.190. The van der Waals surface area contributed by atoms with Gasteiger partial charge in [-0.3, -0.25) is 0 Å². The third-order valence-corrected chi connectivity index (χ3v) is 10.1. The van der Waals surface area contributed by atoms with Crippen molar-refractivity contribution in [1.82, 2.24) is 5.43 Å². The van der Waals surface area contributed by atoms with Crippen molar-refractivity contribution in [3.63, 3.8) is 0 Å². The number of hydrogen-bond acceptors (Lipinski definition) is 5. The number of carbonyl (C=O) groups is 2. The van der Waals surface area contributed by atoms with Gasteiger partial charge in [0.2, 0.25) is 0 Å². The van der Waals surface area contributed by atoms with Crippen LogP contribution in [0.4, 0.5) is 4.79 Å². The second-order valence-electron chi connectivity index (χ2n) is 11.1. The van der Waals surface area contributed by atoms with Crippen LogP contribution in [-0.4, -0.2) is 35.0 Å². The highest BCUT2D eigenvalue weighted by Gasteiger charge is 2.67. The Hall–Kier alpha value is -1.89. The Kier molecular flexibility index (Phi) is 4.78. The molecule has 1 aliphatic heterocycles. The van der Waals surface area contributed by atoms with E-state index in [0.29, 0.717) is 24.4 Å². The van der Waals surface area contributed by atoms with E-state index in [1.165, 1.54) is 0 Å². The zero-order valence-corrected chi connectivity index (χ0v) is 18.7. The maximum absolute atomic E-state index is 12.2. The monoisotopic (exact) mass is 429 g/mol. The van der Waals surface area contributed by atoms with E-state index in [1.54, 1.807) is 6.08 Å². The van der Waals surface area contributed by atoms with Crippen LogP contribution in [0.15, 0.2) is 16.8 Å². The molecule has 0 spiro atoms. The summed E-state index contributed by atoms with van der Waals surface area (Å²) in [6, 6.07) is -0.612. The van der Waals surface area contributed by atoms with Gasteiger partial charge < -0.3 is 15.6 Å². The van der Waals surface area contributed by atoms with Crippen LogP contribution in [0.25, 0.3) is 0 Å². The molecule has 4 saturated carbocycles. The van der Waals surface area contributed by atoms with Crippen LogP contribution in [0.1, 0.15) is 71.6 Å². The minimum Gasteiger partial charge on any atom is -0.458 e. The molecule has 0 aromatic rings. The summed E-state index contributed by atoms with van der Waals surface area (Å²) >= 11 is 0. The molecule has 0 bridgehead atoms. The van der Waals surface area contributed by atoms with Crippen molar-refractivity contribution in [2.24, 2.45) is 45.3 Å². The Bertz CT molecular complexity index is 869. The smallest absolute Gasteiger partial charge is 0.332 e. The van der Waals surface area contributed by atoms with Crippen molar-refractivity contribution >= 4 is 17.7 Å². The number of carbonyl (C=O) groups excluding carboxylic acids is 2. The van der Waals surface area contributed by atoms with Gasteiger partial charge in [-0.15, -0.1) is 0 Å². The number of primary amides is 1.